The average Bonchev–Trinajstić information content (AvgIpc) is 3.50. The van der Waals surface area contributed by atoms with Crippen LogP contribution in [0.1, 0.15) is 68.3 Å². The summed E-state index contributed by atoms with van der Waals surface area (Å²) < 4.78 is 7.54. The van der Waals surface area contributed by atoms with Crippen LogP contribution < -0.4 is 0 Å². The third-order valence-electron chi connectivity index (χ3n) is 6.08. The molecule has 0 unspecified atom stereocenters. The highest BCUT2D eigenvalue weighted by atomic mass is 16.6. The number of hydrogen-bond donors (Lipinski definition) is 0. The van der Waals surface area contributed by atoms with E-state index in [1.807, 2.05) is 69.6 Å². The first kappa shape index (κ1) is 22.4. The van der Waals surface area contributed by atoms with E-state index in [0.717, 1.165) is 42.9 Å². The van der Waals surface area contributed by atoms with Gasteiger partial charge in [0.25, 0.3) is 5.91 Å². The predicted octanol–water partition coefficient (Wildman–Crippen LogP) is 4.49. The molecule has 2 fully saturated rings. The Morgan fingerprint density at radius 2 is 1.59 bits per heavy atom. The molecule has 2 aromatic rings. The highest BCUT2D eigenvalue weighted by Crippen LogP contribution is 2.33. The molecule has 0 bridgehead atoms. The third kappa shape index (κ3) is 4.97. The normalized spacial score (nSPS) is 17.3. The molecule has 1 saturated heterocycles. The van der Waals surface area contributed by atoms with Gasteiger partial charge >= 0.3 is 6.09 Å². The average molecular weight is 439 g/mol. The number of likely N-dealkylation sites (tertiary alicyclic amines) is 1. The fourth-order valence-electron chi connectivity index (χ4n) is 4.43. The number of hydrogen-bond acceptors (Lipinski definition) is 4. The van der Waals surface area contributed by atoms with Gasteiger partial charge in [-0.25, -0.2) is 9.78 Å². The molecule has 7 heteroatoms. The lowest BCUT2D eigenvalue weighted by Crippen LogP contribution is -2.50. The van der Waals surface area contributed by atoms with Gasteiger partial charge in [-0.2, -0.15) is 0 Å². The monoisotopic (exact) mass is 438 g/mol. The molecule has 2 amide bonds. The van der Waals surface area contributed by atoms with Gasteiger partial charge in [0.05, 0.1) is 5.69 Å². The van der Waals surface area contributed by atoms with Crippen molar-refractivity contribution < 1.29 is 14.3 Å². The number of carbonyl (C=O) groups is 2. The van der Waals surface area contributed by atoms with Gasteiger partial charge < -0.3 is 19.1 Å². The van der Waals surface area contributed by atoms with Gasteiger partial charge in [0.15, 0.2) is 0 Å². The van der Waals surface area contributed by atoms with E-state index in [0.29, 0.717) is 24.7 Å². The number of benzene rings is 1. The smallest absolute Gasteiger partial charge is 0.410 e. The zero-order chi connectivity index (χ0) is 23.0. The molecule has 2 heterocycles. The lowest BCUT2D eigenvalue weighted by Gasteiger charge is -2.39. The quantitative estimate of drug-likeness (QED) is 0.705. The Balaban J connectivity index is 1.43. The van der Waals surface area contributed by atoms with Crippen LogP contribution in [0.5, 0.6) is 0 Å². The summed E-state index contributed by atoms with van der Waals surface area (Å²) in [6.45, 7) is 10.8. The van der Waals surface area contributed by atoms with Crippen molar-refractivity contribution in [2.45, 2.75) is 78.0 Å². The Labute approximate surface area is 190 Å². The van der Waals surface area contributed by atoms with E-state index in [1.54, 1.807) is 4.90 Å². The first-order valence-corrected chi connectivity index (χ1v) is 11.6. The van der Waals surface area contributed by atoms with Gasteiger partial charge in [-0.05, 0) is 84.6 Å². The van der Waals surface area contributed by atoms with E-state index in [4.69, 9.17) is 4.74 Å². The molecule has 0 spiro atoms. The van der Waals surface area contributed by atoms with Gasteiger partial charge in [0.2, 0.25) is 0 Å². The number of rotatable bonds is 4. The molecular weight excluding hydrogens is 404 g/mol. The number of nitrogens with zero attached hydrogens (tertiary/aromatic N) is 4. The van der Waals surface area contributed by atoms with E-state index >= 15 is 0 Å². The van der Waals surface area contributed by atoms with Crippen molar-refractivity contribution >= 4 is 12.0 Å². The van der Waals surface area contributed by atoms with Crippen LogP contribution >= 0.6 is 0 Å². The molecule has 0 atom stereocenters. The van der Waals surface area contributed by atoms with E-state index < -0.39 is 5.60 Å². The summed E-state index contributed by atoms with van der Waals surface area (Å²) in [7, 11) is 0. The minimum Gasteiger partial charge on any atom is -0.444 e. The molecule has 2 aliphatic rings. The van der Waals surface area contributed by atoms with Crippen LogP contribution in [0, 0.1) is 13.8 Å². The second-order valence-electron chi connectivity index (χ2n) is 9.99. The van der Waals surface area contributed by atoms with E-state index in [9.17, 15) is 9.59 Å². The maximum Gasteiger partial charge on any atom is 0.410 e. The van der Waals surface area contributed by atoms with Gasteiger partial charge in [-0.15, -0.1) is 0 Å². The molecule has 1 aromatic carbocycles. The molecule has 172 valence electrons. The summed E-state index contributed by atoms with van der Waals surface area (Å²) >= 11 is 0. The van der Waals surface area contributed by atoms with Crippen molar-refractivity contribution in [2.75, 3.05) is 13.1 Å². The lowest BCUT2D eigenvalue weighted by molar-refractivity contribution is 0.0142. The summed E-state index contributed by atoms with van der Waals surface area (Å²) in [5.74, 6) is 1.02. The molecule has 0 N–H and O–H groups in total. The van der Waals surface area contributed by atoms with Crippen molar-refractivity contribution in [1.82, 2.24) is 19.4 Å². The molecule has 0 radical (unpaired) electrons. The van der Waals surface area contributed by atoms with Crippen LogP contribution in [-0.4, -0.2) is 62.1 Å². The topological polar surface area (TPSA) is 67.7 Å². The Hall–Kier alpha value is -2.83. The number of piperidine rings is 1. The standard InChI is InChI=1S/C25H34N4O3/c1-17-16-28(18(2)26-17)20-8-6-19(7-9-20)23(30)29(21-10-11-21)22-12-14-27(15-13-22)24(31)32-25(3,4)5/h6-9,16,21-22H,10-15H2,1-5H3. The van der Waals surface area contributed by atoms with Crippen LogP contribution in [0.4, 0.5) is 4.79 Å². The Morgan fingerprint density at radius 3 is 2.09 bits per heavy atom. The highest BCUT2D eigenvalue weighted by molar-refractivity contribution is 5.95. The van der Waals surface area contributed by atoms with Crippen LogP contribution in [0.3, 0.4) is 0 Å². The van der Waals surface area contributed by atoms with Gasteiger partial charge in [0.1, 0.15) is 11.4 Å². The molecular formula is C25H34N4O3. The number of ether oxygens (including phenoxy) is 1. The molecule has 1 aromatic heterocycles. The lowest BCUT2D eigenvalue weighted by atomic mass is 10.0. The molecule has 1 aliphatic carbocycles. The summed E-state index contributed by atoms with van der Waals surface area (Å²) in [5.41, 5.74) is 2.19. The van der Waals surface area contributed by atoms with Crippen LogP contribution in [0.25, 0.3) is 5.69 Å². The largest absolute Gasteiger partial charge is 0.444 e. The molecule has 7 nitrogen and oxygen atoms in total. The zero-order valence-corrected chi connectivity index (χ0v) is 19.8. The van der Waals surface area contributed by atoms with Crippen molar-refractivity contribution in [2.24, 2.45) is 0 Å². The first-order valence-electron chi connectivity index (χ1n) is 11.6. The Kier molecular flexibility index (Phi) is 6.01. The Bertz CT molecular complexity index is 978. The van der Waals surface area contributed by atoms with Gasteiger partial charge in [-0.1, -0.05) is 0 Å². The SMILES string of the molecule is Cc1cn(-c2ccc(C(=O)N(C3CC3)C3CCN(C(=O)OC(C)(C)C)CC3)cc2)c(C)n1. The van der Waals surface area contributed by atoms with Gasteiger partial charge in [-0.3, -0.25) is 4.79 Å². The summed E-state index contributed by atoms with van der Waals surface area (Å²) in [5, 5.41) is 0. The predicted molar refractivity (Wildman–Crippen MR) is 123 cm³/mol. The number of aromatic nitrogens is 2. The van der Waals surface area contributed by atoms with Crippen molar-refractivity contribution in [3.05, 3.63) is 47.5 Å². The summed E-state index contributed by atoms with van der Waals surface area (Å²) in [4.78, 5) is 34.1. The number of carbonyl (C=O) groups excluding carboxylic acids is 2. The maximum absolute atomic E-state index is 13.4. The molecule has 1 aliphatic heterocycles. The summed E-state index contributed by atoms with van der Waals surface area (Å²) in [6, 6.07) is 8.27. The molecule has 32 heavy (non-hydrogen) atoms. The summed E-state index contributed by atoms with van der Waals surface area (Å²) in [6.07, 6.45) is 5.43. The van der Waals surface area contributed by atoms with Crippen molar-refractivity contribution in [3.8, 4) is 5.69 Å². The van der Waals surface area contributed by atoms with Crippen molar-refractivity contribution in [3.63, 3.8) is 0 Å². The van der Waals surface area contributed by atoms with Crippen LogP contribution in [0.2, 0.25) is 0 Å². The van der Waals surface area contributed by atoms with Crippen LogP contribution in [0.15, 0.2) is 30.5 Å². The number of aryl methyl sites for hydroxylation is 2. The van der Waals surface area contributed by atoms with E-state index in [-0.39, 0.29) is 18.0 Å². The first-order chi connectivity index (χ1) is 15.1. The number of imidazole rings is 1. The minimum atomic E-state index is -0.496. The fraction of sp³-hybridized carbons (Fsp3) is 0.560. The van der Waals surface area contributed by atoms with E-state index in [1.165, 1.54) is 0 Å². The van der Waals surface area contributed by atoms with E-state index in [2.05, 4.69) is 9.88 Å². The zero-order valence-electron chi connectivity index (χ0n) is 19.8. The molecule has 4 rings (SSSR count). The van der Waals surface area contributed by atoms with Crippen LogP contribution in [-0.2, 0) is 4.74 Å². The fourth-order valence-corrected chi connectivity index (χ4v) is 4.43. The minimum absolute atomic E-state index is 0.0910. The molecule has 1 saturated carbocycles. The maximum atomic E-state index is 13.4. The Morgan fingerprint density at radius 1 is 1.00 bits per heavy atom. The second-order valence-corrected chi connectivity index (χ2v) is 9.99. The second kappa shape index (κ2) is 8.60. The van der Waals surface area contributed by atoms with Crippen molar-refractivity contribution in [1.29, 1.82) is 0 Å². The third-order valence-corrected chi connectivity index (χ3v) is 6.08. The van der Waals surface area contributed by atoms with Gasteiger partial charge in [0, 0.05) is 42.6 Å². The number of amides is 2. The highest BCUT2D eigenvalue weighted by Gasteiger charge is 2.39.